The van der Waals surface area contributed by atoms with Crippen molar-refractivity contribution >= 4 is 29.2 Å². The Balaban J connectivity index is 2.26. The predicted octanol–water partition coefficient (Wildman–Crippen LogP) is 3.18. The number of thiophene rings is 1. The summed E-state index contributed by atoms with van der Waals surface area (Å²) in [6.45, 7) is 5.44. The molecule has 1 aromatic rings. The fraction of sp³-hybridized carbons (Fsp3) is 0.562. The Morgan fingerprint density at radius 2 is 2.09 bits per heavy atom. The first-order chi connectivity index (χ1) is 10.7. The first-order valence-electron chi connectivity index (χ1n) is 7.46. The van der Waals surface area contributed by atoms with E-state index < -0.39 is 23.2 Å². The number of aliphatic carboxylic acids is 1. The molecule has 1 saturated heterocycles. The topological polar surface area (TPSA) is 83.9 Å². The van der Waals surface area contributed by atoms with Crippen LogP contribution in [0.5, 0.6) is 0 Å². The number of likely N-dealkylation sites (tertiary alicyclic amines) is 1. The van der Waals surface area contributed by atoms with Gasteiger partial charge in [-0.1, -0.05) is 6.07 Å². The molecule has 2 rings (SSSR count). The maximum absolute atomic E-state index is 12.4. The predicted molar refractivity (Wildman–Crippen MR) is 85.8 cm³/mol. The van der Waals surface area contributed by atoms with Crippen LogP contribution >= 0.6 is 11.3 Å². The number of ketones is 1. The molecular formula is C16H21NO5S. The Morgan fingerprint density at radius 3 is 2.61 bits per heavy atom. The summed E-state index contributed by atoms with van der Waals surface area (Å²) >= 11 is 1.27. The molecule has 1 amide bonds. The van der Waals surface area contributed by atoms with Gasteiger partial charge in [0.15, 0.2) is 11.3 Å². The minimum atomic E-state index is -1.52. The fourth-order valence-corrected chi connectivity index (χ4v) is 3.40. The Morgan fingerprint density at radius 1 is 1.39 bits per heavy atom. The molecule has 1 aromatic heterocycles. The number of Topliss-reactive ketones (excluding diaryl/α,β-unsaturated/α-hetero) is 1. The number of carbonyl (C=O) groups is 3. The van der Waals surface area contributed by atoms with Crippen molar-refractivity contribution in [3.8, 4) is 0 Å². The number of hydrogen-bond acceptors (Lipinski definition) is 5. The van der Waals surface area contributed by atoms with E-state index in [4.69, 9.17) is 4.74 Å². The van der Waals surface area contributed by atoms with Gasteiger partial charge in [0.05, 0.1) is 4.88 Å². The second kappa shape index (κ2) is 6.31. The zero-order chi connectivity index (χ0) is 17.3. The lowest BCUT2D eigenvalue weighted by Gasteiger charge is -2.35. The summed E-state index contributed by atoms with van der Waals surface area (Å²) in [5.74, 6) is -1.43. The van der Waals surface area contributed by atoms with Gasteiger partial charge in [0.1, 0.15) is 5.60 Å². The van der Waals surface area contributed by atoms with Gasteiger partial charge in [0, 0.05) is 13.0 Å². The van der Waals surface area contributed by atoms with Crippen LogP contribution in [0.2, 0.25) is 0 Å². The van der Waals surface area contributed by atoms with Crippen LogP contribution in [0.15, 0.2) is 17.5 Å². The minimum Gasteiger partial charge on any atom is -0.479 e. The average Bonchev–Trinajstić information content (AvgIpc) is 3.06. The number of carboxylic acid groups (broad SMARTS) is 1. The molecule has 1 aliphatic rings. The smallest absolute Gasteiger partial charge is 0.411 e. The molecule has 0 aliphatic carbocycles. The third-order valence-corrected chi connectivity index (χ3v) is 4.66. The van der Waals surface area contributed by atoms with E-state index in [1.54, 1.807) is 38.3 Å². The molecule has 6 nitrogen and oxygen atoms in total. The lowest BCUT2D eigenvalue weighted by molar-refractivity contribution is -0.149. The van der Waals surface area contributed by atoms with Crippen molar-refractivity contribution in [2.24, 2.45) is 0 Å². The van der Waals surface area contributed by atoms with Crippen molar-refractivity contribution in [2.75, 3.05) is 6.54 Å². The Hall–Kier alpha value is -1.89. The number of rotatable bonds is 4. The summed E-state index contributed by atoms with van der Waals surface area (Å²) in [7, 11) is 0. The Labute approximate surface area is 139 Å². The molecule has 23 heavy (non-hydrogen) atoms. The number of carboxylic acids is 1. The highest BCUT2D eigenvalue weighted by molar-refractivity contribution is 7.12. The van der Waals surface area contributed by atoms with Crippen molar-refractivity contribution in [1.29, 1.82) is 0 Å². The van der Waals surface area contributed by atoms with Gasteiger partial charge in [-0.25, -0.2) is 9.59 Å². The van der Waals surface area contributed by atoms with E-state index in [-0.39, 0.29) is 25.2 Å². The Bertz CT molecular complexity index is 604. The minimum absolute atomic E-state index is 0.234. The molecule has 1 aliphatic heterocycles. The molecule has 0 saturated carbocycles. The summed E-state index contributed by atoms with van der Waals surface area (Å²) in [6, 6.07) is 3.40. The molecule has 0 bridgehead atoms. The fourth-order valence-electron chi connectivity index (χ4n) is 2.73. The van der Waals surface area contributed by atoms with E-state index >= 15 is 0 Å². The van der Waals surface area contributed by atoms with Gasteiger partial charge >= 0.3 is 12.1 Å². The maximum Gasteiger partial charge on any atom is 0.411 e. The van der Waals surface area contributed by atoms with Gasteiger partial charge in [0.2, 0.25) is 0 Å². The van der Waals surface area contributed by atoms with Crippen molar-refractivity contribution < 1.29 is 24.2 Å². The monoisotopic (exact) mass is 339 g/mol. The van der Waals surface area contributed by atoms with E-state index in [1.807, 2.05) is 0 Å². The first kappa shape index (κ1) is 17.5. The summed E-state index contributed by atoms with van der Waals surface area (Å²) in [5.41, 5.74) is -2.24. The second-order valence-electron chi connectivity index (χ2n) is 6.65. The molecule has 1 fully saturated rings. The van der Waals surface area contributed by atoms with E-state index in [2.05, 4.69) is 0 Å². The number of hydrogen-bond donors (Lipinski definition) is 1. The molecule has 1 N–H and O–H groups in total. The van der Waals surface area contributed by atoms with Crippen LogP contribution in [0.1, 0.15) is 49.7 Å². The summed E-state index contributed by atoms with van der Waals surface area (Å²) in [6.07, 6.45) is -0.138. The third-order valence-electron chi connectivity index (χ3n) is 3.75. The van der Waals surface area contributed by atoms with Crippen LogP contribution in [0.3, 0.4) is 0 Å². The number of carbonyl (C=O) groups excluding carboxylic acids is 2. The number of ether oxygens (including phenoxy) is 1. The van der Waals surface area contributed by atoms with Crippen LogP contribution in [0, 0.1) is 0 Å². The lowest BCUT2D eigenvalue weighted by atomic mass is 9.89. The molecular weight excluding hydrogens is 318 g/mol. The van der Waals surface area contributed by atoms with Crippen LogP contribution in [0.25, 0.3) is 0 Å². The third kappa shape index (κ3) is 3.72. The van der Waals surface area contributed by atoms with E-state index in [9.17, 15) is 19.5 Å². The SMILES string of the molecule is CC(C)(C)OC(=O)N1CCC[C@]1(CC(=O)c1cccs1)C(=O)O. The molecule has 0 spiro atoms. The Kier molecular flexibility index (Phi) is 4.79. The largest absolute Gasteiger partial charge is 0.479 e. The van der Waals surface area contributed by atoms with Crippen molar-refractivity contribution in [3.05, 3.63) is 22.4 Å². The van der Waals surface area contributed by atoms with Gasteiger partial charge in [-0.05, 0) is 45.1 Å². The lowest BCUT2D eigenvalue weighted by Crippen LogP contribution is -2.55. The summed E-state index contributed by atoms with van der Waals surface area (Å²) < 4.78 is 5.31. The summed E-state index contributed by atoms with van der Waals surface area (Å²) in [5, 5.41) is 11.5. The van der Waals surface area contributed by atoms with Crippen molar-refractivity contribution in [3.63, 3.8) is 0 Å². The highest BCUT2D eigenvalue weighted by Gasteiger charge is 2.52. The molecule has 7 heteroatoms. The highest BCUT2D eigenvalue weighted by Crippen LogP contribution is 2.35. The van der Waals surface area contributed by atoms with Gasteiger partial charge in [-0.3, -0.25) is 9.69 Å². The van der Waals surface area contributed by atoms with E-state index in [0.717, 1.165) is 0 Å². The van der Waals surface area contributed by atoms with Gasteiger partial charge < -0.3 is 9.84 Å². The van der Waals surface area contributed by atoms with Gasteiger partial charge in [0.25, 0.3) is 0 Å². The molecule has 0 unspecified atom stereocenters. The van der Waals surface area contributed by atoms with E-state index in [1.165, 1.54) is 16.2 Å². The number of nitrogens with zero attached hydrogens (tertiary/aromatic N) is 1. The molecule has 0 aromatic carbocycles. The van der Waals surface area contributed by atoms with Crippen LogP contribution in [-0.4, -0.2) is 45.5 Å². The molecule has 126 valence electrons. The molecule has 0 radical (unpaired) electrons. The van der Waals surface area contributed by atoms with Crippen LogP contribution in [-0.2, 0) is 9.53 Å². The maximum atomic E-state index is 12.4. The first-order valence-corrected chi connectivity index (χ1v) is 8.34. The van der Waals surface area contributed by atoms with Crippen LogP contribution < -0.4 is 0 Å². The average molecular weight is 339 g/mol. The number of amides is 1. The molecule has 1 atom stereocenters. The zero-order valence-corrected chi connectivity index (χ0v) is 14.3. The molecule has 2 heterocycles. The quantitative estimate of drug-likeness (QED) is 0.852. The second-order valence-corrected chi connectivity index (χ2v) is 7.60. The van der Waals surface area contributed by atoms with Crippen LogP contribution in [0.4, 0.5) is 4.79 Å². The highest BCUT2D eigenvalue weighted by atomic mass is 32.1. The standard InChI is InChI=1S/C16H21NO5S/c1-15(2,3)22-14(21)17-8-5-7-16(17,13(19)20)10-11(18)12-6-4-9-23-12/h4,6,9H,5,7-8,10H2,1-3H3,(H,19,20)/t16-/m0/s1. The summed E-state index contributed by atoms with van der Waals surface area (Å²) in [4.78, 5) is 38.4. The van der Waals surface area contributed by atoms with Gasteiger partial charge in [-0.2, -0.15) is 0 Å². The van der Waals surface area contributed by atoms with Crippen molar-refractivity contribution in [1.82, 2.24) is 4.90 Å². The normalized spacial score (nSPS) is 21.3. The van der Waals surface area contributed by atoms with Gasteiger partial charge in [-0.15, -0.1) is 11.3 Å². The van der Waals surface area contributed by atoms with Crippen molar-refractivity contribution in [2.45, 2.75) is 51.2 Å². The van der Waals surface area contributed by atoms with E-state index in [0.29, 0.717) is 11.3 Å². The zero-order valence-electron chi connectivity index (χ0n) is 13.5.